The van der Waals surface area contributed by atoms with E-state index in [2.05, 4.69) is 5.32 Å². The highest BCUT2D eigenvalue weighted by molar-refractivity contribution is 6.46. The molecule has 0 saturated heterocycles. The summed E-state index contributed by atoms with van der Waals surface area (Å²) in [6, 6.07) is 20.1. The topological polar surface area (TPSA) is 49.4 Å². The molecule has 1 aliphatic heterocycles. The number of nitrogens with zero attached hydrogens (tertiary/aromatic N) is 1. The van der Waals surface area contributed by atoms with Crippen LogP contribution in [0.15, 0.2) is 72.4 Å². The van der Waals surface area contributed by atoms with Gasteiger partial charge in [-0.25, -0.2) is 4.90 Å². The lowest BCUT2D eigenvalue weighted by Crippen LogP contribution is -2.32. The van der Waals surface area contributed by atoms with Gasteiger partial charge in [0.1, 0.15) is 5.70 Å². The molecule has 150 valence electrons. The molecule has 0 atom stereocenters. The Morgan fingerprint density at radius 2 is 1.50 bits per heavy atom. The maximum atomic E-state index is 13.4. The highest BCUT2D eigenvalue weighted by atomic mass is 35.5. The Bertz CT molecular complexity index is 1200. The molecule has 0 unspecified atom stereocenters. The Labute approximate surface area is 180 Å². The number of aryl methyl sites for hydroxylation is 3. The number of para-hydroxylation sites is 1. The fourth-order valence-electron chi connectivity index (χ4n) is 3.52. The minimum Gasteiger partial charge on any atom is -0.350 e. The van der Waals surface area contributed by atoms with Crippen LogP contribution in [-0.4, -0.2) is 11.8 Å². The maximum absolute atomic E-state index is 13.4. The number of carbonyl (C=O) groups excluding carboxylic acids is 2. The second-order valence-electron chi connectivity index (χ2n) is 7.41. The van der Waals surface area contributed by atoms with Crippen molar-refractivity contribution in [3.05, 3.63) is 99.7 Å². The van der Waals surface area contributed by atoms with Crippen LogP contribution >= 0.6 is 11.6 Å². The summed E-state index contributed by atoms with van der Waals surface area (Å²) in [5.41, 5.74) is 5.67. The molecule has 1 N–H and O–H groups in total. The molecule has 3 aromatic rings. The number of rotatable bonds is 4. The average Bonchev–Trinajstić information content (AvgIpc) is 2.96. The number of imide groups is 1. The van der Waals surface area contributed by atoms with Crippen LogP contribution in [-0.2, 0) is 9.59 Å². The number of hydrogen-bond donors (Lipinski definition) is 1. The van der Waals surface area contributed by atoms with Crippen molar-refractivity contribution in [2.45, 2.75) is 20.8 Å². The number of carbonyl (C=O) groups is 2. The third kappa shape index (κ3) is 3.51. The molecule has 4 nitrogen and oxygen atoms in total. The van der Waals surface area contributed by atoms with Gasteiger partial charge in [0.25, 0.3) is 11.8 Å². The molecular formula is C25H21ClN2O2. The zero-order valence-electron chi connectivity index (χ0n) is 17.0. The van der Waals surface area contributed by atoms with E-state index in [1.54, 1.807) is 30.3 Å². The van der Waals surface area contributed by atoms with Crippen LogP contribution in [0.3, 0.4) is 0 Å². The zero-order chi connectivity index (χ0) is 21.4. The molecule has 5 heteroatoms. The van der Waals surface area contributed by atoms with Crippen LogP contribution < -0.4 is 10.2 Å². The summed E-state index contributed by atoms with van der Waals surface area (Å²) >= 11 is 6.08. The van der Waals surface area contributed by atoms with Gasteiger partial charge in [0.05, 0.1) is 11.3 Å². The van der Waals surface area contributed by atoms with Gasteiger partial charge in [-0.15, -0.1) is 0 Å². The number of amides is 2. The summed E-state index contributed by atoms with van der Waals surface area (Å²) in [7, 11) is 0. The van der Waals surface area contributed by atoms with Gasteiger partial charge < -0.3 is 5.32 Å². The van der Waals surface area contributed by atoms with Crippen LogP contribution in [0.2, 0.25) is 5.02 Å². The first-order valence-corrected chi connectivity index (χ1v) is 10.0. The monoisotopic (exact) mass is 416 g/mol. The van der Waals surface area contributed by atoms with Crippen molar-refractivity contribution in [1.82, 2.24) is 0 Å². The van der Waals surface area contributed by atoms with Crippen LogP contribution in [0, 0.1) is 20.8 Å². The molecule has 0 aromatic heterocycles. The Hall–Kier alpha value is -3.37. The summed E-state index contributed by atoms with van der Waals surface area (Å²) < 4.78 is 0. The highest BCUT2D eigenvalue weighted by Gasteiger charge is 2.40. The molecule has 30 heavy (non-hydrogen) atoms. The SMILES string of the molecule is Cc1ccc(C2=C(Nc3ccc(Cl)cc3C)C(=O)N(c3ccccc3)C2=O)cc1C. The van der Waals surface area contributed by atoms with Gasteiger partial charge in [0.2, 0.25) is 0 Å². The molecule has 3 aromatic carbocycles. The lowest BCUT2D eigenvalue weighted by molar-refractivity contribution is -0.120. The van der Waals surface area contributed by atoms with E-state index in [0.29, 0.717) is 21.8 Å². The first kappa shape index (κ1) is 19.9. The van der Waals surface area contributed by atoms with Gasteiger partial charge in [-0.3, -0.25) is 9.59 Å². The Morgan fingerprint density at radius 1 is 0.767 bits per heavy atom. The third-order valence-electron chi connectivity index (χ3n) is 5.34. The second-order valence-corrected chi connectivity index (χ2v) is 7.85. The van der Waals surface area contributed by atoms with E-state index in [4.69, 9.17) is 11.6 Å². The first-order valence-electron chi connectivity index (χ1n) is 9.65. The van der Waals surface area contributed by atoms with Crippen molar-refractivity contribution < 1.29 is 9.59 Å². The molecular weight excluding hydrogens is 396 g/mol. The van der Waals surface area contributed by atoms with Crippen molar-refractivity contribution in [1.29, 1.82) is 0 Å². The summed E-state index contributed by atoms with van der Waals surface area (Å²) in [4.78, 5) is 28.1. The highest BCUT2D eigenvalue weighted by Crippen LogP contribution is 2.35. The summed E-state index contributed by atoms with van der Waals surface area (Å²) in [5, 5.41) is 3.82. The number of hydrogen-bond acceptors (Lipinski definition) is 3. The van der Waals surface area contributed by atoms with E-state index in [0.717, 1.165) is 22.4 Å². The minimum absolute atomic E-state index is 0.262. The van der Waals surface area contributed by atoms with Crippen LogP contribution in [0.5, 0.6) is 0 Å². The quantitative estimate of drug-likeness (QED) is 0.558. The summed E-state index contributed by atoms with van der Waals surface area (Å²) in [6.07, 6.45) is 0. The molecule has 0 bridgehead atoms. The van der Waals surface area contributed by atoms with Crippen molar-refractivity contribution >= 4 is 40.4 Å². The van der Waals surface area contributed by atoms with Gasteiger partial charge in [-0.1, -0.05) is 48.0 Å². The van der Waals surface area contributed by atoms with E-state index in [9.17, 15) is 9.59 Å². The molecule has 0 spiro atoms. The Kier molecular flexibility index (Phi) is 5.18. The largest absolute Gasteiger partial charge is 0.350 e. The first-order chi connectivity index (χ1) is 14.4. The molecule has 1 aliphatic rings. The zero-order valence-corrected chi connectivity index (χ0v) is 17.7. The molecule has 0 radical (unpaired) electrons. The van der Waals surface area contributed by atoms with E-state index < -0.39 is 0 Å². The number of halogens is 1. The third-order valence-corrected chi connectivity index (χ3v) is 5.58. The van der Waals surface area contributed by atoms with Crippen molar-refractivity contribution in [2.24, 2.45) is 0 Å². The standard InChI is InChI=1S/C25H21ClN2O2/c1-15-9-10-18(13-16(15)2)22-23(27-21-12-11-19(26)14-17(21)3)25(30)28(24(22)29)20-7-5-4-6-8-20/h4-14,27H,1-3H3. The maximum Gasteiger partial charge on any atom is 0.282 e. The number of nitrogens with one attached hydrogen (secondary N) is 1. The van der Waals surface area contributed by atoms with Crippen molar-refractivity contribution in [3.63, 3.8) is 0 Å². The molecule has 0 aliphatic carbocycles. The van der Waals surface area contributed by atoms with E-state index in [1.165, 1.54) is 4.90 Å². The summed E-state index contributed by atoms with van der Waals surface area (Å²) in [6.45, 7) is 5.91. The molecule has 2 amide bonds. The van der Waals surface area contributed by atoms with Crippen LogP contribution in [0.4, 0.5) is 11.4 Å². The van der Waals surface area contributed by atoms with Gasteiger partial charge in [-0.2, -0.15) is 0 Å². The van der Waals surface area contributed by atoms with E-state index >= 15 is 0 Å². The van der Waals surface area contributed by atoms with Crippen LogP contribution in [0.1, 0.15) is 22.3 Å². The van der Waals surface area contributed by atoms with E-state index in [-0.39, 0.29) is 17.5 Å². The molecule has 0 saturated carbocycles. The second kappa shape index (κ2) is 7.81. The minimum atomic E-state index is -0.381. The Morgan fingerprint density at radius 3 is 2.17 bits per heavy atom. The van der Waals surface area contributed by atoms with Gasteiger partial charge in [0, 0.05) is 10.7 Å². The normalized spacial score (nSPS) is 13.9. The molecule has 4 rings (SSSR count). The summed E-state index contributed by atoms with van der Waals surface area (Å²) in [5.74, 6) is -0.725. The van der Waals surface area contributed by atoms with Gasteiger partial charge in [0.15, 0.2) is 0 Å². The van der Waals surface area contributed by atoms with Crippen molar-refractivity contribution in [3.8, 4) is 0 Å². The van der Waals surface area contributed by atoms with Crippen LogP contribution in [0.25, 0.3) is 5.57 Å². The molecule has 0 fully saturated rings. The predicted molar refractivity (Wildman–Crippen MR) is 122 cm³/mol. The fraction of sp³-hybridized carbons (Fsp3) is 0.120. The lowest BCUT2D eigenvalue weighted by Gasteiger charge is -2.15. The number of anilines is 2. The Balaban J connectivity index is 1.86. The number of benzene rings is 3. The van der Waals surface area contributed by atoms with E-state index in [1.807, 2.05) is 57.2 Å². The van der Waals surface area contributed by atoms with Crippen molar-refractivity contribution in [2.75, 3.05) is 10.2 Å². The predicted octanol–water partition coefficient (Wildman–Crippen LogP) is 5.66. The fourth-order valence-corrected chi connectivity index (χ4v) is 3.75. The van der Waals surface area contributed by atoms with Gasteiger partial charge >= 0.3 is 0 Å². The smallest absolute Gasteiger partial charge is 0.282 e. The average molecular weight is 417 g/mol. The lowest BCUT2D eigenvalue weighted by atomic mass is 9.99. The molecule has 1 heterocycles. The van der Waals surface area contributed by atoms with Gasteiger partial charge in [-0.05, 0) is 73.4 Å².